The zero-order valence-electron chi connectivity index (χ0n) is 9.04. The van der Waals surface area contributed by atoms with E-state index in [0.717, 1.165) is 11.4 Å². The van der Waals surface area contributed by atoms with Gasteiger partial charge in [0.25, 0.3) is 0 Å². The zero-order valence-corrected chi connectivity index (χ0v) is 9.86. The molecule has 0 heterocycles. The highest BCUT2D eigenvalue weighted by atomic mass is 32.2. The molecule has 82 valence electrons. The minimum absolute atomic E-state index is 0.0138. The van der Waals surface area contributed by atoms with Crippen molar-refractivity contribution in [2.45, 2.75) is 18.7 Å². The Labute approximate surface area is 94.4 Å². The highest BCUT2D eigenvalue weighted by Crippen LogP contribution is 2.23. The second-order valence-electron chi connectivity index (χ2n) is 3.36. The summed E-state index contributed by atoms with van der Waals surface area (Å²) in [6.45, 7) is 4.27. The van der Waals surface area contributed by atoms with E-state index in [0.29, 0.717) is 6.54 Å². The first-order valence-electron chi connectivity index (χ1n) is 4.83. The number of aryl methyl sites for hydroxylation is 1. The van der Waals surface area contributed by atoms with Crippen molar-refractivity contribution in [3.8, 4) is 0 Å². The molecular weight excluding hydrogens is 208 g/mol. The highest BCUT2D eigenvalue weighted by Gasteiger charge is 1.99. The molecule has 0 atom stereocenters. The summed E-state index contributed by atoms with van der Waals surface area (Å²) >= 11 is 1.71. The van der Waals surface area contributed by atoms with Gasteiger partial charge in [0.1, 0.15) is 0 Å². The van der Waals surface area contributed by atoms with Crippen molar-refractivity contribution in [1.82, 2.24) is 5.32 Å². The lowest BCUT2D eigenvalue weighted by molar-refractivity contribution is -0.118. The van der Waals surface area contributed by atoms with Crippen molar-refractivity contribution in [2.75, 3.05) is 18.0 Å². The molecule has 0 saturated carbocycles. The van der Waals surface area contributed by atoms with Gasteiger partial charge in [-0.2, -0.15) is 0 Å². The molecule has 4 heteroatoms. The smallest absolute Gasteiger partial charge is 0.216 e. The number of nitrogens with two attached hydrogens (primary N) is 1. The normalized spacial score (nSPS) is 10.0. The fourth-order valence-corrected chi connectivity index (χ4v) is 2.10. The van der Waals surface area contributed by atoms with Gasteiger partial charge in [-0.05, 0) is 24.6 Å². The molecule has 1 rings (SSSR count). The van der Waals surface area contributed by atoms with Crippen LogP contribution in [0.3, 0.4) is 0 Å². The van der Waals surface area contributed by atoms with E-state index in [9.17, 15) is 4.79 Å². The van der Waals surface area contributed by atoms with Crippen LogP contribution in [0.15, 0.2) is 23.1 Å². The molecule has 1 aromatic rings. The molecule has 0 fully saturated rings. The van der Waals surface area contributed by atoms with Crippen molar-refractivity contribution in [1.29, 1.82) is 0 Å². The molecule has 0 aliphatic heterocycles. The molecule has 0 aliphatic rings. The van der Waals surface area contributed by atoms with Gasteiger partial charge in [0.2, 0.25) is 5.91 Å². The largest absolute Gasteiger partial charge is 0.399 e. The van der Waals surface area contributed by atoms with E-state index in [4.69, 9.17) is 5.73 Å². The summed E-state index contributed by atoms with van der Waals surface area (Å²) in [4.78, 5) is 11.8. The number of carbonyl (C=O) groups is 1. The van der Waals surface area contributed by atoms with Gasteiger partial charge >= 0.3 is 0 Å². The van der Waals surface area contributed by atoms with Crippen LogP contribution < -0.4 is 11.1 Å². The maximum atomic E-state index is 10.6. The summed E-state index contributed by atoms with van der Waals surface area (Å²) in [5.74, 6) is 0.879. The van der Waals surface area contributed by atoms with Crippen LogP contribution in [0.2, 0.25) is 0 Å². The average molecular weight is 224 g/mol. The number of nitrogen functional groups attached to an aromatic ring is 1. The van der Waals surface area contributed by atoms with E-state index in [1.54, 1.807) is 11.8 Å². The van der Waals surface area contributed by atoms with Crippen molar-refractivity contribution in [3.63, 3.8) is 0 Å². The van der Waals surface area contributed by atoms with E-state index < -0.39 is 0 Å². The maximum absolute atomic E-state index is 10.6. The Balaban J connectivity index is 2.43. The van der Waals surface area contributed by atoms with Crippen LogP contribution in [0, 0.1) is 6.92 Å². The molecule has 15 heavy (non-hydrogen) atoms. The number of carbonyl (C=O) groups excluding carboxylic acids is 1. The Morgan fingerprint density at radius 3 is 2.93 bits per heavy atom. The fraction of sp³-hybridized carbons (Fsp3) is 0.364. The topological polar surface area (TPSA) is 55.1 Å². The third-order valence-electron chi connectivity index (χ3n) is 1.95. The fourth-order valence-electron chi connectivity index (χ4n) is 1.16. The van der Waals surface area contributed by atoms with Crippen LogP contribution in [0.1, 0.15) is 12.5 Å². The number of rotatable bonds is 4. The van der Waals surface area contributed by atoms with Gasteiger partial charge in [0.15, 0.2) is 0 Å². The van der Waals surface area contributed by atoms with Crippen LogP contribution in [0.25, 0.3) is 0 Å². The molecule has 0 aromatic heterocycles. The van der Waals surface area contributed by atoms with Gasteiger partial charge in [0, 0.05) is 29.8 Å². The molecule has 1 aromatic carbocycles. The summed E-state index contributed by atoms with van der Waals surface area (Å²) in [7, 11) is 0. The minimum Gasteiger partial charge on any atom is -0.399 e. The van der Waals surface area contributed by atoms with E-state index in [-0.39, 0.29) is 5.91 Å². The molecule has 1 amide bonds. The lowest BCUT2D eigenvalue weighted by Gasteiger charge is -2.06. The number of nitrogens with one attached hydrogen (secondary N) is 1. The minimum atomic E-state index is 0.0138. The van der Waals surface area contributed by atoms with Crippen molar-refractivity contribution < 1.29 is 4.79 Å². The van der Waals surface area contributed by atoms with Gasteiger partial charge in [0.05, 0.1) is 0 Å². The molecule has 0 radical (unpaired) electrons. The SMILES string of the molecule is CC(=O)NCCSc1cc(N)ccc1C. The lowest BCUT2D eigenvalue weighted by Crippen LogP contribution is -2.22. The molecule has 0 saturated heterocycles. The predicted octanol–water partition coefficient (Wildman–Crippen LogP) is 1.81. The summed E-state index contributed by atoms with van der Waals surface area (Å²) in [5.41, 5.74) is 7.70. The summed E-state index contributed by atoms with van der Waals surface area (Å²) < 4.78 is 0. The molecule has 3 nitrogen and oxygen atoms in total. The Bertz CT molecular complexity index is 352. The lowest BCUT2D eigenvalue weighted by atomic mass is 10.2. The van der Waals surface area contributed by atoms with Crippen LogP contribution in [-0.2, 0) is 4.79 Å². The first-order chi connectivity index (χ1) is 7.09. The predicted molar refractivity (Wildman–Crippen MR) is 65.0 cm³/mol. The average Bonchev–Trinajstić information content (AvgIpc) is 2.17. The van der Waals surface area contributed by atoms with E-state index in [2.05, 4.69) is 12.2 Å². The van der Waals surface area contributed by atoms with Gasteiger partial charge in [-0.15, -0.1) is 11.8 Å². The quantitative estimate of drug-likeness (QED) is 0.466. The summed E-state index contributed by atoms with van der Waals surface area (Å²) in [6, 6.07) is 5.87. The Morgan fingerprint density at radius 2 is 2.27 bits per heavy atom. The standard InChI is InChI=1S/C11H16N2OS/c1-8-3-4-10(12)7-11(8)15-6-5-13-9(2)14/h3-4,7H,5-6,12H2,1-2H3,(H,13,14). The molecule has 0 aliphatic carbocycles. The van der Waals surface area contributed by atoms with E-state index in [1.807, 2.05) is 18.2 Å². The number of amides is 1. The van der Waals surface area contributed by atoms with Crippen LogP contribution in [0.4, 0.5) is 5.69 Å². The first kappa shape index (κ1) is 11.9. The maximum Gasteiger partial charge on any atom is 0.216 e. The molecule has 0 spiro atoms. The Morgan fingerprint density at radius 1 is 1.53 bits per heavy atom. The molecule has 0 unspecified atom stereocenters. The second-order valence-corrected chi connectivity index (χ2v) is 4.49. The summed E-state index contributed by atoms with van der Waals surface area (Å²) in [6.07, 6.45) is 0. The number of anilines is 1. The second kappa shape index (κ2) is 5.66. The zero-order chi connectivity index (χ0) is 11.3. The van der Waals surface area contributed by atoms with Crippen molar-refractivity contribution in [3.05, 3.63) is 23.8 Å². The molecular formula is C11H16N2OS. The van der Waals surface area contributed by atoms with Gasteiger partial charge < -0.3 is 11.1 Å². The Kier molecular flexibility index (Phi) is 4.49. The summed E-state index contributed by atoms with van der Waals surface area (Å²) in [5, 5.41) is 2.76. The Hall–Kier alpha value is -1.16. The van der Waals surface area contributed by atoms with Gasteiger partial charge in [-0.25, -0.2) is 0 Å². The third kappa shape index (κ3) is 4.25. The number of benzene rings is 1. The number of hydrogen-bond donors (Lipinski definition) is 2. The van der Waals surface area contributed by atoms with E-state index >= 15 is 0 Å². The first-order valence-corrected chi connectivity index (χ1v) is 5.81. The highest BCUT2D eigenvalue weighted by molar-refractivity contribution is 7.99. The van der Waals surface area contributed by atoms with Crippen LogP contribution >= 0.6 is 11.8 Å². The molecule has 3 N–H and O–H groups in total. The third-order valence-corrected chi connectivity index (χ3v) is 3.10. The van der Waals surface area contributed by atoms with E-state index in [1.165, 1.54) is 17.4 Å². The van der Waals surface area contributed by atoms with Gasteiger partial charge in [-0.1, -0.05) is 6.07 Å². The van der Waals surface area contributed by atoms with Crippen LogP contribution in [-0.4, -0.2) is 18.2 Å². The van der Waals surface area contributed by atoms with Crippen LogP contribution in [0.5, 0.6) is 0 Å². The molecule has 0 bridgehead atoms. The number of thioether (sulfide) groups is 1. The van der Waals surface area contributed by atoms with Crippen molar-refractivity contribution in [2.24, 2.45) is 0 Å². The van der Waals surface area contributed by atoms with Gasteiger partial charge in [-0.3, -0.25) is 4.79 Å². The van der Waals surface area contributed by atoms with Crippen molar-refractivity contribution >= 4 is 23.4 Å². The number of hydrogen-bond acceptors (Lipinski definition) is 3. The monoisotopic (exact) mass is 224 g/mol.